The molecule has 5 nitrogen and oxygen atoms in total. The second kappa shape index (κ2) is 5.20. The molecular formula is C12H16ClN3O2. The lowest BCUT2D eigenvalue weighted by Crippen LogP contribution is -2.32. The summed E-state index contributed by atoms with van der Waals surface area (Å²) < 4.78 is 5.65. The Balaban J connectivity index is 2.08. The third-order valence-electron chi connectivity index (χ3n) is 3.40. The van der Waals surface area contributed by atoms with E-state index in [0.717, 1.165) is 0 Å². The lowest BCUT2D eigenvalue weighted by Gasteiger charge is -2.17. The highest BCUT2D eigenvalue weighted by molar-refractivity contribution is 6.29. The molecule has 1 aromatic rings. The van der Waals surface area contributed by atoms with E-state index in [2.05, 4.69) is 15.3 Å². The van der Waals surface area contributed by atoms with Gasteiger partial charge in [0.25, 0.3) is 0 Å². The maximum Gasteiger partial charge on any atom is 0.231 e. The van der Waals surface area contributed by atoms with Gasteiger partial charge in [-0.05, 0) is 19.8 Å². The van der Waals surface area contributed by atoms with Gasteiger partial charge in [0.2, 0.25) is 5.91 Å². The zero-order valence-electron chi connectivity index (χ0n) is 10.6. The van der Waals surface area contributed by atoms with Crippen molar-refractivity contribution in [3.05, 3.63) is 17.5 Å². The van der Waals surface area contributed by atoms with Crippen molar-refractivity contribution in [2.75, 3.05) is 5.32 Å². The molecule has 1 N–H and O–H groups in total. The van der Waals surface area contributed by atoms with Crippen molar-refractivity contribution in [2.24, 2.45) is 11.8 Å². The lowest BCUT2D eigenvalue weighted by molar-refractivity contribution is -0.122. The number of hydrogen-bond donors (Lipinski definition) is 1. The Bertz CT molecular complexity index is 455. The van der Waals surface area contributed by atoms with E-state index in [4.69, 9.17) is 16.3 Å². The smallest absolute Gasteiger partial charge is 0.231 e. The first kappa shape index (κ1) is 13.2. The van der Waals surface area contributed by atoms with Gasteiger partial charge in [-0.2, -0.15) is 0 Å². The van der Waals surface area contributed by atoms with E-state index in [1.807, 2.05) is 20.8 Å². The third kappa shape index (κ3) is 2.62. The van der Waals surface area contributed by atoms with Crippen LogP contribution in [-0.4, -0.2) is 28.1 Å². The van der Waals surface area contributed by atoms with Crippen LogP contribution in [0.1, 0.15) is 20.8 Å². The van der Waals surface area contributed by atoms with E-state index >= 15 is 0 Å². The minimum absolute atomic E-state index is 0.0844. The number of aromatic nitrogens is 2. The topological polar surface area (TPSA) is 64.1 Å². The van der Waals surface area contributed by atoms with Crippen LogP contribution in [-0.2, 0) is 9.53 Å². The number of amides is 1. The van der Waals surface area contributed by atoms with Crippen LogP contribution in [0.4, 0.5) is 5.82 Å². The first-order valence-electron chi connectivity index (χ1n) is 5.93. The fourth-order valence-corrected chi connectivity index (χ4v) is 2.48. The Kier molecular flexibility index (Phi) is 3.82. The number of nitrogens with one attached hydrogen (secondary N) is 1. The molecule has 0 aliphatic carbocycles. The van der Waals surface area contributed by atoms with Crippen molar-refractivity contribution in [1.29, 1.82) is 0 Å². The Labute approximate surface area is 111 Å². The van der Waals surface area contributed by atoms with Gasteiger partial charge < -0.3 is 10.1 Å². The first-order chi connectivity index (χ1) is 8.49. The van der Waals surface area contributed by atoms with Crippen molar-refractivity contribution in [3.8, 4) is 0 Å². The van der Waals surface area contributed by atoms with Crippen LogP contribution in [0.3, 0.4) is 0 Å². The number of carbonyl (C=O) groups excluding carboxylic acids is 1. The van der Waals surface area contributed by atoms with Gasteiger partial charge in [-0.15, -0.1) is 0 Å². The van der Waals surface area contributed by atoms with Crippen molar-refractivity contribution < 1.29 is 9.53 Å². The minimum atomic E-state index is -0.180. The molecule has 6 heteroatoms. The molecule has 1 saturated heterocycles. The summed E-state index contributed by atoms with van der Waals surface area (Å²) in [6.45, 7) is 5.91. The van der Waals surface area contributed by atoms with Crippen molar-refractivity contribution in [2.45, 2.75) is 33.0 Å². The molecule has 0 saturated carbocycles. The summed E-state index contributed by atoms with van der Waals surface area (Å²) in [5.41, 5.74) is 0. The molecule has 1 aliphatic rings. The zero-order valence-corrected chi connectivity index (χ0v) is 11.3. The van der Waals surface area contributed by atoms with E-state index in [1.54, 1.807) is 0 Å². The van der Waals surface area contributed by atoms with Gasteiger partial charge in [-0.1, -0.05) is 18.5 Å². The molecule has 98 valence electrons. The Morgan fingerprint density at radius 2 is 2.06 bits per heavy atom. The molecule has 4 atom stereocenters. The predicted octanol–water partition coefficient (Wildman–Crippen LogP) is 2.13. The zero-order chi connectivity index (χ0) is 13.3. The van der Waals surface area contributed by atoms with Gasteiger partial charge in [0, 0.05) is 0 Å². The Morgan fingerprint density at radius 3 is 2.61 bits per heavy atom. The molecule has 18 heavy (non-hydrogen) atoms. The van der Waals surface area contributed by atoms with Crippen molar-refractivity contribution in [3.63, 3.8) is 0 Å². The van der Waals surface area contributed by atoms with Crippen LogP contribution in [0.15, 0.2) is 12.4 Å². The summed E-state index contributed by atoms with van der Waals surface area (Å²) >= 11 is 5.72. The standard InChI is InChI=1S/C12H16ClN3O2/c1-6-7(2)18-8(3)11(6)12(17)16-10-5-14-4-9(13)15-10/h4-8,11H,1-3H3,(H,15,16,17). The molecule has 0 aromatic carbocycles. The molecule has 4 unspecified atom stereocenters. The van der Waals surface area contributed by atoms with E-state index < -0.39 is 0 Å². The van der Waals surface area contributed by atoms with Gasteiger partial charge in [-0.25, -0.2) is 4.98 Å². The normalized spacial score (nSPS) is 31.3. The van der Waals surface area contributed by atoms with Crippen LogP contribution in [0.25, 0.3) is 0 Å². The molecule has 2 heterocycles. The SMILES string of the molecule is CC1OC(C)C(C(=O)Nc2cncc(Cl)n2)C1C. The summed E-state index contributed by atoms with van der Waals surface area (Å²) in [4.78, 5) is 20.1. The van der Waals surface area contributed by atoms with Crippen LogP contribution >= 0.6 is 11.6 Å². The molecule has 0 radical (unpaired) electrons. The van der Waals surface area contributed by atoms with Crippen LogP contribution < -0.4 is 5.32 Å². The maximum atomic E-state index is 12.2. The molecule has 0 spiro atoms. The highest BCUT2D eigenvalue weighted by Crippen LogP contribution is 2.32. The monoisotopic (exact) mass is 269 g/mol. The number of ether oxygens (including phenoxy) is 1. The Morgan fingerprint density at radius 1 is 1.33 bits per heavy atom. The van der Waals surface area contributed by atoms with Gasteiger partial charge in [0.05, 0.1) is 30.5 Å². The molecule has 1 fully saturated rings. The predicted molar refractivity (Wildman–Crippen MR) is 68.3 cm³/mol. The third-order valence-corrected chi connectivity index (χ3v) is 3.58. The van der Waals surface area contributed by atoms with Crippen LogP contribution in [0.5, 0.6) is 0 Å². The highest BCUT2D eigenvalue weighted by atomic mass is 35.5. The number of anilines is 1. The van der Waals surface area contributed by atoms with E-state index in [-0.39, 0.29) is 35.1 Å². The first-order valence-corrected chi connectivity index (χ1v) is 6.30. The summed E-state index contributed by atoms with van der Waals surface area (Å²) in [6, 6.07) is 0. The van der Waals surface area contributed by atoms with E-state index in [9.17, 15) is 4.79 Å². The number of carbonyl (C=O) groups is 1. The second-order valence-electron chi connectivity index (χ2n) is 4.65. The van der Waals surface area contributed by atoms with Gasteiger partial charge in [0.1, 0.15) is 5.15 Å². The van der Waals surface area contributed by atoms with Gasteiger partial charge in [0.15, 0.2) is 5.82 Å². The van der Waals surface area contributed by atoms with E-state index in [0.29, 0.717) is 5.82 Å². The fraction of sp³-hybridized carbons (Fsp3) is 0.583. The average Bonchev–Trinajstić information content (AvgIpc) is 2.53. The minimum Gasteiger partial charge on any atom is -0.374 e. The summed E-state index contributed by atoms with van der Waals surface area (Å²) in [5.74, 6) is 0.260. The van der Waals surface area contributed by atoms with Gasteiger partial charge >= 0.3 is 0 Å². The molecule has 2 rings (SSSR count). The fourth-order valence-electron chi connectivity index (χ4n) is 2.33. The number of nitrogens with zero attached hydrogens (tertiary/aromatic N) is 2. The molecule has 1 amide bonds. The summed E-state index contributed by atoms with van der Waals surface area (Å²) in [6.07, 6.45) is 2.88. The average molecular weight is 270 g/mol. The van der Waals surface area contributed by atoms with E-state index in [1.165, 1.54) is 12.4 Å². The largest absolute Gasteiger partial charge is 0.374 e. The molecular weight excluding hydrogens is 254 g/mol. The number of halogens is 1. The van der Waals surface area contributed by atoms with Crippen molar-refractivity contribution >= 4 is 23.3 Å². The van der Waals surface area contributed by atoms with Crippen LogP contribution in [0, 0.1) is 11.8 Å². The number of rotatable bonds is 2. The van der Waals surface area contributed by atoms with Gasteiger partial charge in [-0.3, -0.25) is 9.78 Å². The quantitative estimate of drug-likeness (QED) is 0.893. The second-order valence-corrected chi connectivity index (χ2v) is 5.03. The molecule has 1 aromatic heterocycles. The number of hydrogen-bond acceptors (Lipinski definition) is 4. The molecule has 1 aliphatic heterocycles. The van der Waals surface area contributed by atoms with Crippen LogP contribution in [0.2, 0.25) is 5.15 Å². The lowest BCUT2D eigenvalue weighted by atomic mass is 9.89. The molecule has 0 bridgehead atoms. The Hall–Kier alpha value is -1.20. The highest BCUT2D eigenvalue weighted by Gasteiger charge is 2.41. The summed E-state index contributed by atoms with van der Waals surface area (Å²) in [7, 11) is 0. The maximum absolute atomic E-state index is 12.2. The summed E-state index contributed by atoms with van der Waals surface area (Å²) in [5, 5.41) is 2.98. The van der Waals surface area contributed by atoms with Crippen molar-refractivity contribution in [1.82, 2.24) is 9.97 Å².